The average molecular weight is 303 g/mol. The maximum absolute atomic E-state index is 12.6. The monoisotopic (exact) mass is 302 g/mol. The summed E-state index contributed by atoms with van der Waals surface area (Å²) in [6.07, 6.45) is 2.00. The van der Waals surface area contributed by atoms with Crippen molar-refractivity contribution in [3.63, 3.8) is 0 Å². The van der Waals surface area contributed by atoms with Gasteiger partial charge in [-0.25, -0.2) is 0 Å². The van der Waals surface area contributed by atoms with Crippen molar-refractivity contribution >= 4 is 34.6 Å². The summed E-state index contributed by atoms with van der Waals surface area (Å²) in [6.45, 7) is 2.08. The lowest BCUT2D eigenvalue weighted by atomic mass is 9.82. The van der Waals surface area contributed by atoms with Crippen LogP contribution in [-0.4, -0.2) is 5.78 Å². The van der Waals surface area contributed by atoms with E-state index < -0.39 is 0 Å². The van der Waals surface area contributed by atoms with Gasteiger partial charge in [0.15, 0.2) is 5.78 Å². The van der Waals surface area contributed by atoms with E-state index in [1.807, 2.05) is 30.3 Å². The van der Waals surface area contributed by atoms with Gasteiger partial charge in [0.25, 0.3) is 0 Å². The summed E-state index contributed by atoms with van der Waals surface area (Å²) in [5.41, 5.74) is 3.32. The normalized spacial score (nSPS) is 17.6. The Hall–Kier alpha value is -1.57. The number of benzene rings is 2. The van der Waals surface area contributed by atoms with Gasteiger partial charge in [-0.1, -0.05) is 54.4 Å². The van der Waals surface area contributed by atoms with E-state index in [-0.39, 0.29) is 11.7 Å². The van der Waals surface area contributed by atoms with Gasteiger partial charge >= 0.3 is 0 Å². The molecule has 1 unspecified atom stereocenters. The highest BCUT2D eigenvalue weighted by Gasteiger charge is 2.25. The molecule has 2 aromatic carbocycles. The van der Waals surface area contributed by atoms with Crippen LogP contribution in [0.15, 0.2) is 48.5 Å². The lowest BCUT2D eigenvalue weighted by molar-refractivity contribution is 0.105. The third kappa shape index (κ3) is 2.28. The summed E-state index contributed by atoms with van der Waals surface area (Å²) in [6, 6.07) is 12.8. The largest absolute Gasteiger partial charge is 0.289 e. The number of Topliss-reactive ketones (excluding diaryl/α,β-unsaturated/α-hetero) is 1. The fourth-order valence-electron chi connectivity index (χ4n) is 2.54. The van der Waals surface area contributed by atoms with Crippen LogP contribution in [0.4, 0.5) is 0 Å². The van der Waals surface area contributed by atoms with Crippen molar-refractivity contribution in [3.8, 4) is 0 Å². The van der Waals surface area contributed by atoms with Crippen molar-refractivity contribution in [1.29, 1.82) is 0 Å². The number of fused-ring (bicyclic) bond motifs is 1. The summed E-state index contributed by atoms with van der Waals surface area (Å²) in [5, 5.41) is 1.25. The molecule has 3 heteroatoms. The molecule has 0 amide bonds. The standard InChI is InChI=1S/C17H12Cl2O/c1-10-8-15(11-2-4-12(18)5-3-11)17(20)16-9-13(19)6-7-14(10)16/h2-10H,1H3. The van der Waals surface area contributed by atoms with Gasteiger partial charge in [0.1, 0.15) is 0 Å². The van der Waals surface area contributed by atoms with Crippen LogP contribution in [0, 0.1) is 0 Å². The first-order chi connectivity index (χ1) is 9.56. The van der Waals surface area contributed by atoms with Crippen LogP contribution in [0.5, 0.6) is 0 Å². The molecule has 0 aliphatic heterocycles. The third-order valence-electron chi connectivity index (χ3n) is 3.57. The fraction of sp³-hybridized carbons (Fsp3) is 0.118. The first kappa shape index (κ1) is 13.4. The van der Waals surface area contributed by atoms with Crippen molar-refractivity contribution in [2.45, 2.75) is 12.8 Å². The van der Waals surface area contributed by atoms with Gasteiger partial charge in [-0.3, -0.25) is 4.79 Å². The second kappa shape index (κ2) is 5.08. The van der Waals surface area contributed by atoms with Crippen molar-refractivity contribution in [3.05, 3.63) is 75.3 Å². The summed E-state index contributed by atoms with van der Waals surface area (Å²) in [5.74, 6) is 0.202. The molecule has 1 nitrogen and oxygen atoms in total. The molecule has 0 radical (unpaired) electrons. The quantitative estimate of drug-likeness (QED) is 0.691. The Bertz CT molecular complexity index is 714. The molecule has 0 N–H and O–H groups in total. The number of carbonyl (C=O) groups is 1. The minimum atomic E-state index is 0.0166. The van der Waals surface area contributed by atoms with E-state index in [1.165, 1.54) is 0 Å². The van der Waals surface area contributed by atoms with Gasteiger partial charge in [0.05, 0.1) is 0 Å². The predicted octanol–water partition coefficient (Wildman–Crippen LogP) is 5.38. The molecule has 0 spiro atoms. The number of allylic oxidation sites excluding steroid dienone is 2. The number of halogens is 2. The van der Waals surface area contributed by atoms with Gasteiger partial charge in [0.2, 0.25) is 0 Å². The van der Waals surface area contributed by atoms with Crippen LogP contribution in [-0.2, 0) is 0 Å². The Morgan fingerprint density at radius 3 is 2.30 bits per heavy atom. The molecular formula is C17H12Cl2O. The number of carbonyl (C=O) groups excluding carboxylic acids is 1. The lowest BCUT2D eigenvalue weighted by Crippen LogP contribution is -2.13. The highest BCUT2D eigenvalue weighted by molar-refractivity contribution is 6.34. The second-order valence-electron chi connectivity index (χ2n) is 4.94. The van der Waals surface area contributed by atoms with Crippen LogP contribution >= 0.6 is 23.2 Å². The molecule has 100 valence electrons. The SMILES string of the molecule is CC1C=C(c2ccc(Cl)cc2)C(=O)c2cc(Cl)ccc21. The zero-order valence-corrected chi connectivity index (χ0v) is 12.4. The van der Waals surface area contributed by atoms with Crippen LogP contribution in [0.2, 0.25) is 10.0 Å². The Labute approximate surface area is 127 Å². The summed E-state index contributed by atoms with van der Waals surface area (Å²) < 4.78 is 0. The minimum absolute atomic E-state index is 0.0166. The highest BCUT2D eigenvalue weighted by atomic mass is 35.5. The van der Waals surface area contributed by atoms with Crippen LogP contribution < -0.4 is 0 Å². The van der Waals surface area contributed by atoms with E-state index >= 15 is 0 Å². The molecule has 0 aromatic heterocycles. The summed E-state index contributed by atoms with van der Waals surface area (Å²) in [7, 11) is 0. The van der Waals surface area contributed by atoms with Gasteiger partial charge in [0, 0.05) is 27.1 Å². The van der Waals surface area contributed by atoms with Gasteiger partial charge in [-0.2, -0.15) is 0 Å². The Balaban J connectivity index is 2.11. The van der Waals surface area contributed by atoms with Gasteiger partial charge in [-0.05, 0) is 35.4 Å². The Kier molecular flexibility index (Phi) is 3.41. The van der Waals surface area contributed by atoms with Crippen LogP contribution in [0.25, 0.3) is 5.57 Å². The van der Waals surface area contributed by atoms with Gasteiger partial charge in [-0.15, -0.1) is 0 Å². The zero-order chi connectivity index (χ0) is 14.3. The third-order valence-corrected chi connectivity index (χ3v) is 4.05. The minimum Gasteiger partial charge on any atom is -0.289 e. The van der Waals surface area contributed by atoms with E-state index in [0.717, 1.165) is 11.1 Å². The molecule has 20 heavy (non-hydrogen) atoms. The summed E-state index contributed by atoms with van der Waals surface area (Å²) in [4.78, 5) is 12.6. The van der Waals surface area contributed by atoms with Crippen molar-refractivity contribution in [2.24, 2.45) is 0 Å². The van der Waals surface area contributed by atoms with E-state index in [0.29, 0.717) is 21.2 Å². The van der Waals surface area contributed by atoms with E-state index in [2.05, 4.69) is 6.92 Å². The van der Waals surface area contributed by atoms with E-state index in [9.17, 15) is 4.79 Å². The van der Waals surface area contributed by atoms with Crippen molar-refractivity contribution < 1.29 is 4.79 Å². The number of ketones is 1. The predicted molar refractivity (Wildman–Crippen MR) is 83.6 cm³/mol. The molecule has 3 rings (SSSR count). The number of rotatable bonds is 1. The molecule has 0 saturated heterocycles. The number of hydrogen-bond acceptors (Lipinski definition) is 1. The maximum Gasteiger partial charge on any atom is 0.193 e. The molecule has 0 fully saturated rings. The summed E-state index contributed by atoms with van der Waals surface area (Å²) >= 11 is 11.9. The lowest BCUT2D eigenvalue weighted by Gasteiger charge is -2.21. The van der Waals surface area contributed by atoms with E-state index in [1.54, 1.807) is 18.2 Å². The Morgan fingerprint density at radius 2 is 1.60 bits per heavy atom. The Morgan fingerprint density at radius 1 is 0.950 bits per heavy atom. The highest BCUT2D eigenvalue weighted by Crippen LogP contribution is 2.35. The second-order valence-corrected chi connectivity index (χ2v) is 5.81. The molecule has 2 aromatic rings. The zero-order valence-electron chi connectivity index (χ0n) is 10.9. The molecule has 1 atom stereocenters. The van der Waals surface area contributed by atoms with Crippen molar-refractivity contribution in [1.82, 2.24) is 0 Å². The first-order valence-electron chi connectivity index (χ1n) is 6.38. The first-order valence-corrected chi connectivity index (χ1v) is 7.14. The molecule has 0 bridgehead atoms. The van der Waals surface area contributed by atoms with Crippen LogP contribution in [0.3, 0.4) is 0 Å². The van der Waals surface area contributed by atoms with E-state index in [4.69, 9.17) is 23.2 Å². The fourth-order valence-corrected chi connectivity index (χ4v) is 2.84. The molecule has 1 aliphatic rings. The molecule has 0 saturated carbocycles. The smallest absolute Gasteiger partial charge is 0.193 e. The molecule has 0 heterocycles. The molecule has 1 aliphatic carbocycles. The topological polar surface area (TPSA) is 17.1 Å². The molecular weight excluding hydrogens is 291 g/mol. The van der Waals surface area contributed by atoms with Gasteiger partial charge < -0.3 is 0 Å². The average Bonchev–Trinajstić information content (AvgIpc) is 2.44. The van der Waals surface area contributed by atoms with Crippen molar-refractivity contribution in [2.75, 3.05) is 0 Å². The van der Waals surface area contributed by atoms with Crippen LogP contribution in [0.1, 0.15) is 34.3 Å². The number of hydrogen-bond donors (Lipinski definition) is 0. The maximum atomic E-state index is 12.6.